The van der Waals surface area contributed by atoms with Crippen molar-refractivity contribution in [1.82, 2.24) is 25.3 Å². The molecule has 12 atom stereocenters. The number of nitrogens with one attached hydrogen (secondary N) is 3. The molecule has 6 N–H and O–H groups in total. The molecule has 21 heteroatoms. The van der Waals surface area contributed by atoms with Gasteiger partial charge in [0, 0.05) is 95.3 Å². The summed E-state index contributed by atoms with van der Waals surface area (Å²) in [7, 11) is 8.60. The predicted octanol–water partition coefficient (Wildman–Crippen LogP) is 7.59. The third-order valence-corrected chi connectivity index (χ3v) is 17.3. The molecule has 0 bridgehead atoms. The zero-order chi connectivity index (χ0) is 66.0. The number of carbonyl (C=O) groups excluding carboxylic acids is 9. The first-order valence-corrected chi connectivity index (χ1v) is 31.7. The van der Waals surface area contributed by atoms with E-state index in [1.165, 1.54) is 7.11 Å². The molecule has 1 aromatic carbocycles. The minimum atomic E-state index is -1.06. The molecule has 1 aliphatic heterocycles. The van der Waals surface area contributed by atoms with Gasteiger partial charge in [0.15, 0.2) is 11.6 Å². The van der Waals surface area contributed by atoms with Gasteiger partial charge in [-0.2, -0.15) is 0 Å². The average Bonchev–Trinajstić information content (AvgIpc) is 3.29. The quantitative estimate of drug-likeness (QED) is 0.0394. The molecule has 21 nitrogen and oxygen atoms in total. The van der Waals surface area contributed by atoms with Gasteiger partial charge >= 0.3 is 6.03 Å². The van der Waals surface area contributed by atoms with Gasteiger partial charge in [0.25, 0.3) is 0 Å². The number of methoxy groups -OCH3 is 2. The topological polar surface area (TPSA) is 283 Å². The monoisotopic (exact) mass is 1230 g/mol. The SMILES string of the molecule is CCC(C)[C@@H]([C@@H](CC(=O)N1CCC[C@H]1[C@H](OC)[C@@H](C)C(=O)C[C@H](C)[C@@H](O)c1ccc(NC(=O)[C@H](CCCNC(N)=O)CC(=O)[C@@H](NC(=O)CCOCCOCCC(=O)C(C)(C)C)C(C)C)cc1)OC)N(C)C(=O)[C@@H](CC(=O)[C@H](C(C)C)N(C)C)C(C)C. The Morgan fingerprint density at radius 2 is 1.36 bits per heavy atom. The molecule has 1 heterocycles. The number of hydrogen-bond acceptors (Lipinski definition) is 15. The molecule has 2 rings (SSSR count). The highest BCUT2D eigenvalue weighted by atomic mass is 16.5. The maximum atomic E-state index is 14.5. The van der Waals surface area contributed by atoms with Gasteiger partial charge < -0.3 is 55.5 Å². The van der Waals surface area contributed by atoms with Crippen molar-refractivity contribution in [2.24, 2.45) is 58.5 Å². The molecule has 0 spiro atoms. The number of ketones is 4. The van der Waals surface area contributed by atoms with Crippen molar-refractivity contribution in [2.75, 3.05) is 80.2 Å². The van der Waals surface area contributed by atoms with E-state index in [4.69, 9.17) is 24.7 Å². The Balaban J connectivity index is 2.15. The van der Waals surface area contributed by atoms with Crippen LogP contribution in [0.5, 0.6) is 0 Å². The van der Waals surface area contributed by atoms with E-state index in [1.807, 2.05) is 81.3 Å². The number of urea groups is 1. The highest BCUT2D eigenvalue weighted by Gasteiger charge is 2.44. The number of aliphatic hydroxyl groups is 1. The first-order valence-electron chi connectivity index (χ1n) is 31.7. The number of likely N-dealkylation sites (N-methyl/N-ethyl adjacent to an activating group) is 2. The Morgan fingerprint density at radius 1 is 0.747 bits per heavy atom. The van der Waals surface area contributed by atoms with Crippen molar-refractivity contribution in [1.29, 1.82) is 0 Å². The number of anilines is 1. The van der Waals surface area contributed by atoms with E-state index in [1.54, 1.807) is 75.9 Å². The molecule has 0 aromatic heterocycles. The third-order valence-electron chi connectivity index (χ3n) is 17.3. The van der Waals surface area contributed by atoms with Gasteiger partial charge in [-0.25, -0.2) is 4.79 Å². The van der Waals surface area contributed by atoms with Crippen LogP contribution in [-0.4, -0.2) is 184 Å². The number of ether oxygens (including phenoxy) is 4. The number of nitrogens with zero attached hydrogens (tertiary/aromatic N) is 3. The van der Waals surface area contributed by atoms with Gasteiger partial charge in [-0.1, -0.05) is 109 Å². The van der Waals surface area contributed by atoms with E-state index in [0.29, 0.717) is 49.9 Å². The van der Waals surface area contributed by atoms with Crippen LogP contribution in [0.15, 0.2) is 24.3 Å². The number of amides is 6. The molecule has 1 unspecified atom stereocenters. The van der Waals surface area contributed by atoms with Gasteiger partial charge in [0.1, 0.15) is 11.6 Å². The summed E-state index contributed by atoms with van der Waals surface area (Å²) in [5.74, 6) is -4.54. The van der Waals surface area contributed by atoms with Crippen LogP contribution in [0, 0.1) is 52.8 Å². The summed E-state index contributed by atoms with van der Waals surface area (Å²) >= 11 is 0. The number of nitrogens with two attached hydrogens (primary N) is 1. The number of hydrogen-bond donors (Lipinski definition) is 5. The van der Waals surface area contributed by atoms with Crippen LogP contribution in [0.2, 0.25) is 0 Å². The van der Waals surface area contributed by atoms with E-state index < -0.39 is 83.4 Å². The van der Waals surface area contributed by atoms with Gasteiger partial charge in [0.05, 0.1) is 75.3 Å². The fraction of sp³-hybridized carbons (Fsp3) is 0.773. The summed E-state index contributed by atoms with van der Waals surface area (Å²) in [6, 6.07) is 3.75. The molecule has 1 fully saturated rings. The zero-order valence-electron chi connectivity index (χ0n) is 56.2. The number of benzene rings is 1. The highest BCUT2D eigenvalue weighted by molar-refractivity contribution is 5.97. The Hall–Kier alpha value is -5.19. The van der Waals surface area contributed by atoms with Gasteiger partial charge in [-0.05, 0) is 87.1 Å². The Labute approximate surface area is 520 Å². The highest BCUT2D eigenvalue weighted by Crippen LogP contribution is 2.34. The fourth-order valence-electron chi connectivity index (χ4n) is 11.9. The molecule has 6 amide bonds. The Bertz CT molecular complexity index is 2330. The van der Waals surface area contributed by atoms with E-state index in [0.717, 1.165) is 0 Å². The second-order valence-electron chi connectivity index (χ2n) is 26.5. The molecule has 1 aromatic rings. The second-order valence-corrected chi connectivity index (χ2v) is 26.5. The Morgan fingerprint density at radius 3 is 1.87 bits per heavy atom. The van der Waals surface area contributed by atoms with E-state index in [-0.39, 0.29) is 136 Å². The first-order chi connectivity index (χ1) is 40.7. The van der Waals surface area contributed by atoms with Crippen LogP contribution < -0.4 is 21.7 Å². The summed E-state index contributed by atoms with van der Waals surface area (Å²) in [5, 5.41) is 19.8. The van der Waals surface area contributed by atoms with Crippen molar-refractivity contribution in [3.63, 3.8) is 0 Å². The summed E-state index contributed by atoms with van der Waals surface area (Å²) in [5.41, 5.74) is 5.73. The molecule has 87 heavy (non-hydrogen) atoms. The molecular weight excluding hydrogens is 1110 g/mol. The fourth-order valence-corrected chi connectivity index (χ4v) is 11.9. The Kier molecular flexibility index (Phi) is 34.4. The van der Waals surface area contributed by atoms with E-state index in [2.05, 4.69) is 16.0 Å². The first kappa shape index (κ1) is 77.9. The molecule has 1 aliphatic rings. The molecule has 0 radical (unpaired) electrons. The number of aliphatic hydroxyl groups excluding tert-OH is 1. The van der Waals surface area contributed by atoms with Crippen LogP contribution in [0.1, 0.15) is 172 Å². The van der Waals surface area contributed by atoms with Gasteiger partial charge in [-0.15, -0.1) is 0 Å². The largest absolute Gasteiger partial charge is 0.388 e. The maximum absolute atomic E-state index is 14.5. The summed E-state index contributed by atoms with van der Waals surface area (Å²) < 4.78 is 23.2. The van der Waals surface area contributed by atoms with Crippen LogP contribution in [0.4, 0.5) is 10.5 Å². The maximum Gasteiger partial charge on any atom is 0.312 e. The van der Waals surface area contributed by atoms with Gasteiger partial charge in [-0.3, -0.25) is 43.3 Å². The number of likely N-dealkylation sites (tertiary alicyclic amines) is 1. The zero-order valence-corrected chi connectivity index (χ0v) is 56.2. The number of Topliss-reactive ketones (excluding diaryl/α,β-unsaturated/α-hetero) is 4. The van der Waals surface area contributed by atoms with Crippen LogP contribution in [-0.2, 0) is 57.3 Å². The summed E-state index contributed by atoms with van der Waals surface area (Å²) in [4.78, 5) is 126. The van der Waals surface area contributed by atoms with Crippen LogP contribution in [0.3, 0.4) is 0 Å². The smallest absolute Gasteiger partial charge is 0.312 e. The van der Waals surface area contributed by atoms with Gasteiger partial charge in [0.2, 0.25) is 23.6 Å². The van der Waals surface area contributed by atoms with Crippen molar-refractivity contribution in [2.45, 2.75) is 203 Å². The lowest BCUT2D eigenvalue weighted by Crippen LogP contribution is -2.54. The standard InChI is InChI=1S/C66H113N7O14/c1-19-43(8)60(72(16)64(82)49(40(2)3)38-53(76)59(42(6)7)71(14)15)54(84-17)39-57(79)73-31-21-23-50(73)62(85-18)45(10)51(74)36-44(9)61(80)46-24-26-48(27-25-46)69-63(81)47(22-20-30-68-65(67)83)37-52(75)58(41(4)5)70-56(78)29-33-87-35-34-86-32-28-55(77)66(11,12)13/h24-27,40-45,47,49-50,54,58-62,80H,19-23,28-39H2,1-18H3,(H,69,81)(H,70,78)(H3,67,68,83)/t43?,44-,45-,47+,49-,50-,54+,58-,59-,60-,61+,62+/m0/s1. The van der Waals surface area contributed by atoms with Crippen molar-refractivity contribution < 1.29 is 67.2 Å². The van der Waals surface area contributed by atoms with Crippen LogP contribution in [0.25, 0.3) is 0 Å². The van der Waals surface area contributed by atoms with E-state index >= 15 is 0 Å². The van der Waals surface area contributed by atoms with Crippen molar-refractivity contribution in [3.05, 3.63) is 29.8 Å². The molecule has 496 valence electrons. The van der Waals surface area contributed by atoms with E-state index in [9.17, 15) is 48.3 Å². The number of rotatable bonds is 42. The second kappa shape index (κ2) is 38.4. The number of carbonyl (C=O) groups is 9. The average molecular weight is 1230 g/mol. The summed E-state index contributed by atoms with van der Waals surface area (Å²) in [6.45, 7) is 26.2. The molecule has 1 saturated heterocycles. The van der Waals surface area contributed by atoms with Crippen molar-refractivity contribution >= 4 is 58.5 Å². The van der Waals surface area contributed by atoms with Crippen molar-refractivity contribution in [3.8, 4) is 0 Å². The molecular formula is C66H113N7O14. The lowest BCUT2D eigenvalue weighted by atomic mass is 9.83. The lowest BCUT2D eigenvalue weighted by molar-refractivity contribution is -0.149. The van der Waals surface area contributed by atoms with Crippen LogP contribution >= 0.6 is 0 Å². The number of primary amides is 1. The minimum Gasteiger partial charge on any atom is -0.388 e. The molecule has 0 aliphatic carbocycles. The summed E-state index contributed by atoms with van der Waals surface area (Å²) in [6.07, 6.45) is 0.394. The molecule has 0 saturated carbocycles. The normalized spacial score (nSPS) is 17.6. The lowest BCUT2D eigenvalue weighted by Gasteiger charge is -2.41. The predicted molar refractivity (Wildman–Crippen MR) is 337 cm³/mol. The minimum absolute atomic E-state index is 0.00460. The third kappa shape index (κ3) is 25.3.